The van der Waals surface area contributed by atoms with Gasteiger partial charge in [-0.25, -0.2) is 4.98 Å². The number of aromatic nitrogens is 2. The first-order chi connectivity index (χ1) is 7.81. The van der Waals surface area contributed by atoms with Crippen LogP contribution in [0.3, 0.4) is 0 Å². The lowest BCUT2D eigenvalue weighted by atomic mass is 10.2. The van der Waals surface area contributed by atoms with Crippen LogP contribution in [-0.4, -0.2) is 9.55 Å². The Morgan fingerprint density at radius 2 is 2.19 bits per heavy atom. The molecule has 1 aliphatic rings. The van der Waals surface area contributed by atoms with Crippen LogP contribution in [0.1, 0.15) is 44.1 Å². The van der Waals surface area contributed by atoms with E-state index in [-0.39, 0.29) is 6.04 Å². The fourth-order valence-corrected chi connectivity index (χ4v) is 2.22. The van der Waals surface area contributed by atoms with Crippen molar-refractivity contribution in [2.45, 2.75) is 38.3 Å². The lowest BCUT2D eigenvalue weighted by molar-refractivity contribution is 0.590. The summed E-state index contributed by atoms with van der Waals surface area (Å²) in [6.45, 7) is 2.11. The largest absolute Gasteiger partial charge is 0.324 e. The Labute approximate surface area is 95.3 Å². The average molecular weight is 215 g/mol. The second-order valence-electron chi connectivity index (χ2n) is 4.57. The van der Waals surface area contributed by atoms with Crippen molar-refractivity contribution in [2.75, 3.05) is 0 Å². The summed E-state index contributed by atoms with van der Waals surface area (Å²) in [7, 11) is 0. The summed E-state index contributed by atoms with van der Waals surface area (Å²) in [5.41, 5.74) is 8.46. The van der Waals surface area contributed by atoms with Crippen molar-refractivity contribution >= 4 is 11.0 Å². The highest BCUT2D eigenvalue weighted by Crippen LogP contribution is 2.39. The third kappa shape index (κ3) is 1.43. The van der Waals surface area contributed by atoms with E-state index >= 15 is 0 Å². The number of para-hydroxylation sites is 2. The maximum Gasteiger partial charge on any atom is 0.127 e. The lowest BCUT2D eigenvalue weighted by Gasteiger charge is -2.12. The van der Waals surface area contributed by atoms with Gasteiger partial charge in [0, 0.05) is 6.04 Å². The van der Waals surface area contributed by atoms with Crippen LogP contribution in [0.25, 0.3) is 11.0 Å². The molecule has 3 rings (SSSR count). The minimum atomic E-state index is 0.0630. The summed E-state index contributed by atoms with van der Waals surface area (Å²) < 4.78 is 2.35. The normalized spacial score (nSPS) is 17.9. The van der Waals surface area contributed by atoms with Crippen molar-refractivity contribution in [1.82, 2.24) is 9.55 Å². The highest BCUT2D eigenvalue weighted by Gasteiger charge is 2.29. The Hall–Kier alpha value is -1.35. The molecule has 3 nitrogen and oxygen atoms in total. The number of imidazole rings is 1. The van der Waals surface area contributed by atoms with Gasteiger partial charge in [0.1, 0.15) is 5.82 Å². The molecule has 0 saturated heterocycles. The van der Waals surface area contributed by atoms with Crippen molar-refractivity contribution < 1.29 is 0 Å². The van der Waals surface area contributed by atoms with Crippen molar-refractivity contribution in [3.05, 3.63) is 30.1 Å². The molecule has 1 aliphatic carbocycles. The first-order valence-corrected chi connectivity index (χ1v) is 6.03. The Morgan fingerprint density at radius 3 is 2.88 bits per heavy atom. The number of fused-ring (bicyclic) bond motifs is 1. The predicted octanol–water partition coefficient (Wildman–Crippen LogP) is 2.78. The minimum Gasteiger partial charge on any atom is -0.324 e. The zero-order valence-electron chi connectivity index (χ0n) is 9.56. The Bertz CT molecular complexity index is 511. The van der Waals surface area contributed by atoms with Gasteiger partial charge in [-0.2, -0.15) is 0 Å². The van der Waals surface area contributed by atoms with Gasteiger partial charge < -0.3 is 10.3 Å². The molecule has 0 radical (unpaired) electrons. The molecule has 1 atom stereocenters. The van der Waals surface area contributed by atoms with Crippen molar-refractivity contribution in [2.24, 2.45) is 5.73 Å². The number of rotatable bonds is 3. The molecule has 0 aliphatic heterocycles. The molecule has 1 heterocycles. The van der Waals surface area contributed by atoms with Crippen LogP contribution in [0.5, 0.6) is 0 Å². The van der Waals surface area contributed by atoms with E-state index in [2.05, 4.69) is 34.7 Å². The number of hydrogen-bond donors (Lipinski definition) is 1. The number of benzene rings is 1. The van der Waals surface area contributed by atoms with E-state index in [9.17, 15) is 0 Å². The maximum absolute atomic E-state index is 6.14. The lowest BCUT2D eigenvalue weighted by Crippen LogP contribution is -2.15. The van der Waals surface area contributed by atoms with Crippen LogP contribution in [0.15, 0.2) is 24.3 Å². The summed E-state index contributed by atoms with van der Waals surface area (Å²) in [6.07, 6.45) is 3.48. The number of nitrogens with zero attached hydrogens (tertiary/aromatic N) is 2. The van der Waals surface area contributed by atoms with E-state index in [1.54, 1.807) is 0 Å². The zero-order chi connectivity index (χ0) is 11.1. The van der Waals surface area contributed by atoms with Gasteiger partial charge in [-0.3, -0.25) is 0 Å². The highest BCUT2D eigenvalue weighted by atomic mass is 15.1. The Morgan fingerprint density at radius 1 is 1.44 bits per heavy atom. The van der Waals surface area contributed by atoms with Gasteiger partial charge >= 0.3 is 0 Å². The monoisotopic (exact) mass is 215 g/mol. The summed E-state index contributed by atoms with van der Waals surface area (Å²) in [5, 5.41) is 0. The molecule has 84 valence electrons. The molecule has 0 amide bonds. The molecule has 16 heavy (non-hydrogen) atoms. The minimum absolute atomic E-state index is 0.0630. The molecule has 3 heteroatoms. The van der Waals surface area contributed by atoms with Crippen LogP contribution in [0.4, 0.5) is 0 Å². The van der Waals surface area contributed by atoms with Crippen LogP contribution in [0.2, 0.25) is 0 Å². The van der Waals surface area contributed by atoms with Gasteiger partial charge in [0.15, 0.2) is 0 Å². The second-order valence-corrected chi connectivity index (χ2v) is 4.57. The molecule has 0 bridgehead atoms. The fourth-order valence-electron chi connectivity index (χ4n) is 2.22. The SMILES string of the molecule is CCC(N)c1nc2ccccc2n1C1CC1. The van der Waals surface area contributed by atoms with Gasteiger partial charge in [0.25, 0.3) is 0 Å². The Kier molecular flexibility index (Phi) is 2.21. The van der Waals surface area contributed by atoms with Crippen molar-refractivity contribution in [1.29, 1.82) is 0 Å². The average Bonchev–Trinajstić information content (AvgIpc) is 3.08. The molecular formula is C13H17N3. The summed E-state index contributed by atoms with van der Waals surface area (Å²) in [6, 6.07) is 9.03. The van der Waals surface area contributed by atoms with Gasteiger partial charge in [0.2, 0.25) is 0 Å². The van der Waals surface area contributed by atoms with Crippen LogP contribution >= 0.6 is 0 Å². The third-order valence-electron chi connectivity index (χ3n) is 3.31. The topological polar surface area (TPSA) is 43.8 Å². The van der Waals surface area contributed by atoms with E-state index in [1.807, 2.05) is 6.07 Å². The molecular weight excluding hydrogens is 198 g/mol. The van der Waals surface area contributed by atoms with Crippen LogP contribution in [0, 0.1) is 0 Å². The van der Waals surface area contributed by atoms with Crippen LogP contribution in [-0.2, 0) is 0 Å². The van der Waals surface area contributed by atoms with Crippen molar-refractivity contribution in [3.63, 3.8) is 0 Å². The first kappa shape index (κ1) is 9.85. The van der Waals surface area contributed by atoms with Gasteiger partial charge in [0.05, 0.1) is 17.1 Å². The second kappa shape index (κ2) is 3.59. The quantitative estimate of drug-likeness (QED) is 0.855. The van der Waals surface area contributed by atoms with E-state index in [4.69, 9.17) is 5.73 Å². The molecule has 1 fully saturated rings. The van der Waals surface area contributed by atoms with E-state index in [0.29, 0.717) is 6.04 Å². The fraction of sp³-hybridized carbons (Fsp3) is 0.462. The predicted molar refractivity (Wildman–Crippen MR) is 65.2 cm³/mol. The summed E-state index contributed by atoms with van der Waals surface area (Å²) in [4.78, 5) is 4.68. The zero-order valence-corrected chi connectivity index (χ0v) is 9.56. The molecule has 1 aromatic heterocycles. The van der Waals surface area contributed by atoms with E-state index in [1.165, 1.54) is 18.4 Å². The standard InChI is InChI=1S/C13H17N3/c1-2-10(14)13-15-11-5-3-4-6-12(11)16(13)9-7-8-9/h3-6,9-10H,2,7-8,14H2,1H3. The molecule has 2 aromatic rings. The maximum atomic E-state index is 6.14. The van der Waals surface area contributed by atoms with Gasteiger partial charge in [-0.1, -0.05) is 19.1 Å². The van der Waals surface area contributed by atoms with Gasteiger partial charge in [-0.05, 0) is 31.4 Å². The van der Waals surface area contributed by atoms with E-state index in [0.717, 1.165) is 17.8 Å². The van der Waals surface area contributed by atoms with Crippen molar-refractivity contribution in [3.8, 4) is 0 Å². The smallest absolute Gasteiger partial charge is 0.127 e. The Balaban J connectivity index is 2.22. The molecule has 0 spiro atoms. The number of nitrogens with two attached hydrogens (primary N) is 1. The first-order valence-electron chi connectivity index (χ1n) is 6.03. The van der Waals surface area contributed by atoms with Gasteiger partial charge in [-0.15, -0.1) is 0 Å². The van der Waals surface area contributed by atoms with E-state index < -0.39 is 0 Å². The molecule has 2 N–H and O–H groups in total. The molecule has 1 aromatic carbocycles. The summed E-state index contributed by atoms with van der Waals surface area (Å²) >= 11 is 0. The molecule has 1 saturated carbocycles. The third-order valence-corrected chi connectivity index (χ3v) is 3.31. The van der Waals surface area contributed by atoms with Crippen LogP contribution < -0.4 is 5.73 Å². The number of hydrogen-bond acceptors (Lipinski definition) is 2. The molecule has 1 unspecified atom stereocenters. The summed E-state index contributed by atoms with van der Waals surface area (Å²) in [5.74, 6) is 1.06. The highest BCUT2D eigenvalue weighted by molar-refractivity contribution is 5.76.